The van der Waals surface area contributed by atoms with E-state index in [2.05, 4.69) is 10.3 Å². The molecule has 3 aromatic rings. The Morgan fingerprint density at radius 3 is 2.61 bits per heavy atom. The second-order valence-corrected chi connectivity index (χ2v) is 7.21. The first kappa shape index (κ1) is 23.3. The van der Waals surface area contributed by atoms with E-state index in [9.17, 15) is 18.3 Å². The standard InChI is InChI=1S/C20H21ClF3N3O4/c1-12(28)10-27-19(20(22,23)24)14(9-25-27)18-15(11-30-8-7-29-2)17(26-31-18)13-5-3-4-6-16(13)21/h3-6,9,12,28H,7-8,10-11H2,1-2H3. The van der Waals surface area contributed by atoms with E-state index in [1.807, 2.05) is 0 Å². The van der Waals surface area contributed by atoms with Gasteiger partial charge in [0, 0.05) is 12.7 Å². The zero-order chi connectivity index (χ0) is 22.6. The van der Waals surface area contributed by atoms with Crippen LogP contribution in [0.3, 0.4) is 0 Å². The number of rotatable bonds is 9. The molecule has 11 heteroatoms. The summed E-state index contributed by atoms with van der Waals surface area (Å²) >= 11 is 6.27. The van der Waals surface area contributed by atoms with Gasteiger partial charge in [-0.25, -0.2) is 0 Å². The molecule has 7 nitrogen and oxygen atoms in total. The molecule has 0 aliphatic carbocycles. The highest BCUT2D eigenvalue weighted by Crippen LogP contribution is 2.41. The van der Waals surface area contributed by atoms with E-state index in [0.29, 0.717) is 27.4 Å². The van der Waals surface area contributed by atoms with Gasteiger partial charge in [-0.05, 0) is 13.0 Å². The molecule has 168 valence electrons. The molecule has 31 heavy (non-hydrogen) atoms. The number of ether oxygens (including phenoxy) is 2. The number of halogens is 4. The molecule has 0 aliphatic heterocycles. The van der Waals surface area contributed by atoms with Gasteiger partial charge in [0.25, 0.3) is 0 Å². The summed E-state index contributed by atoms with van der Waals surface area (Å²) in [6.07, 6.45) is -4.73. The van der Waals surface area contributed by atoms with Gasteiger partial charge >= 0.3 is 6.18 Å². The lowest BCUT2D eigenvalue weighted by Crippen LogP contribution is -2.21. The Kier molecular flexibility index (Phi) is 7.37. The molecule has 0 spiro atoms. The van der Waals surface area contributed by atoms with Crippen molar-refractivity contribution in [2.75, 3.05) is 20.3 Å². The summed E-state index contributed by atoms with van der Waals surface area (Å²) in [6, 6.07) is 6.78. The van der Waals surface area contributed by atoms with Crippen molar-refractivity contribution >= 4 is 11.6 Å². The van der Waals surface area contributed by atoms with Crippen molar-refractivity contribution in [1.82, 2.24) is 14.9 Å². The molecule has 0 bridgehead atoms. The summed E-state index contributed by atoms with van der Waals surface area (Å²) in [4.78, 5) is 0. The summed E-state index contributed by atoms with van der Waals surface area (Å²) in [7, 11) is 1.51. The Hall–Kier alpha value is -2.40. The van der Waals surface area contributed by atoms with Crippen LogP contribution in [-0.4, -0.2) is 46.5 Å². The van der Waals surface area contributed by atoms with E-state index < -0.39 is 18.0 Å². The lowest BCUT2D eigenvalue weighted by Gasteiger charge is -2.13. The quantitative estimate of drug-likeness (QED) is 0.477. The molecule has 2 aromatic heterocycles. The van der Waals surface area contributed by atoms with Crippen LogP contribution < -0.4 is 0 Å². The van der Waals surface area contributed by atoms with Crippen molar-refractivity contribution in [3.63, 3.8) is 0 Å². The van der Waals surface area contributed by atoms with Crippen LogP contribution in [0.4, 0.5) is 13.2 Å². The summed E-state index contributed by atoms with van der Waals surface area (Å²) in [6.45, 7) is 1.49. The number of aromatic nitrogens is 3. The lowest BCUT2D eigenvalue weighted by atomic mass is 10.0. The minimum Gasteiger partial charge on any atom is -0.391 e. The van der Waals surface area contributed by atoms with Crippen LogP contribution >= 0.6 is 11.6 Å². The molecular weight excluding hydrogens is 439 g/mol. The number of aliphatic hydroxyl groups excluding tert-OH is 1. The number of alkyl halides is 3. The Morgan fingerprint density at radius 1 is 1.23 bits per heavy atom. The molecular formula is C20H21ClF3N3O4. The Bertz CT molecular complexity index is 1020. The SMILES string of the molecule is COCCOCc1c(-c2ccccc2Cl)noc1-c1cnn(CC(C)O)c1C(F)(F)F. The van der Waals surface area contributed by atoms with E-state index in [1.54, 1.807) is 24.3 Å². The van der Waals surface area contributed by atoms with Gasteiger partial charge in [-0.2, -0.15) is 18.3 Å². The predicted octanol–water partition coefficient (Wildman–Crippen LogP) is 4.42. The van der Waals surface area contributed by atoms with Crippen LogP contribution in [0.2, 0.25) is 5.02 Å². The predicted molar refractivity (Wildman–Crippen MR) is 106 cm³/mol. The number of hydrogen-bond acceptors (Lipinski definition) is 6. The lowest BCUT2D eigenvalue weighted by molar-refractivity contribution is -0.144. The fourth-order valence-corrected chi connectivity index (χ4v) is 3.30. The highest BCUT2D eigenvalue weighted by Gasteiger charge is 2.40. The fourth-order valence-electron chi connectivity index (χ4n) is 3.08. The maximum Gasteiger partial charge on any atom is 0.433 e. The summed E-state index contributed by atoms with van der Waals surface area (Å²) in [5, 5.41) is 17.7. The first-order chi connectivity index (χ1) is 14.7. The van der Waals surface area contributed by atoms with Gasteiger partial charge in [0.2, 0.25) is 0 Å². The van der Waals surface area contributed by atoms with Crippen molar-refractivity contribution in [1.29, 1.82) is 0 Å². The number of benzene rings is 1. The zero-order valence-electron chi connectivity index (χ0n) is 16.8. The van der Waals surface area contributed by atoms with Crippen LogP contribution in [0.25, 0.3) is 22.6 Å². The zero-order valence-corrected chi connectivity index (χ0v) is 17.6. The summed E-state index contributed by atoms with van der Waals surface area (Å²) in [5.41, 5.74) is -0.284. The van der Waals surface area contributed by atoms with Crippen LogP contribution in [-0.2, 0) is 28.8 Å². The number of nitrogens with zero attached hydrogens (tertiary/aromatic N) is 3. The van der Waals surface area contributed by atoms with Gasteiger partial charge in [0.15, 0.2) is 11.5 Å². The van der Waals surface area contributed by atoms with Crippen molar-refractivity contribution in [3.8, 4) is 22.6 Å². The average Bonchev–Trinajstić information content (AvgIpc) is 3.29. The molecule has 0 saturated carbocycles. The third-order valence-electron chi connectivity index (χ3n) is 4.39. The Balaban J connectivity index is 2.13. The van der Waals surface area contributed by atoms with E-state index >= 15 is 0 Å². The summed E-state index contributed by atoms with van der Waals surface area (Å²) in [5.74, 6) is -0.128. The van der Waals surface area contributed by atoms with Gasteiger partial charge in [-0.3, -0.25) is 4.68 Å². The second kappa shape index (κ2) is 9.82. The monoisotopic (exact) mass is 459 g/mol. The van der Waals surface area contributed by atoms with Crippen LogP contribution in [0.5, 0.6) is 0 Å². The van der Waals surface area contributed by atoms with Crippen molar-refractivity contribution in [2.45, 2.75) is 32.4 Å². The second-order valence-electron chi connectivity index (χ2n) is 6.80. The number of hydrogen-bond donors (Lipinski definition) is 1. The molecule has 1 N–H and O–H groups in total. The molecule has 0 fully saturated rings. The number of methoxy groups -OCH3 is 1. The smallest absolute Gasteiger partial charge is 0.391 e. The van der Waals surface area contributed by atoms with Gasteiger partial charge < -0.3 is 19.1 Å². The van der Waals surface area contributed by atoms with Crippen LogP contribution in [0.15, 0.2) is 35.0 Å². The largest absolute Gasteiger partial charge is 0.433 e. The van der Waals surface area contributed by atoms with Crippen molar-refractivity contribution in [3.05, 3.63) is 46.7 Å². The van der Waals surface area contributed by atoms with E-state index in [0.717, 1.165) is 6.20 Å². The van der Waals surface area contributed by atoms with Gasteiger partial charge in [0.05, 0.1) is 54.8 Å². The average molecular weight is 460 g/mol. The van der Waals surface area contributed by atoms with Crippen molar-refractivity contribution in [2.24, 2.45) is 0 Å². The van der Waals surface area contributed by atoms with Crippen LogP contribution in [0.1, 0.15) is 18.2 Å². The molecule has 0 radical (unpaired) electrons. The summed E-state index contributed by atoms with van der Waals surface area (Å²) < 4.78 is 58.2. The molecule has 0 amide bonds. The van der Waals surface area contributed by atoms with E-state index in [1.165, 1.54) is 14.0 Å². The van der Waals surface area contributed by atoms with Gasteiger partial charge in [-0.1, -0.05) is 35.0 Å². The van der Waals surface area contributed by atoms with E-state index in [4.69, 9.17) is 25.6 Å². The molecule has 0 aliphatic rings. The fraction of sp³-hybridized carbons (Fsp3) is 0.400. The number of aliphatic hydroxyl groups is 1. The topological polar surface area (TPSA) is 82.5 Å². The first-order valence-corrected chi connectivity index (χ1v) is 9.73. The molecule has 2 heterocycles. The van der Waals surface area contributed by atoms with Crippen molar-refractivity contribution < 1.29 is 32.3 Å². The minimum absolute atomic E-state index is 0.0817. The molecule has 1 atom stereocenters. The Labute approximate surface area is 181 Å². The Morgan fingerprint density at radius 2 is 1.97 bits per heavy atom. The molecule has 0 saturated heterocycles. The van der Waals surface area contributed by atoms with Gasteiger partial charge in [-0.15, -0.1) is 0 Å². The minimum atomic E-state index is -4.74. The third kappa shape index (κ3) is 5.27. The normalized spacial score (nSPS) is 13.0. The first-order valence-electron chi connectivity index (χ1n) is 9.35. The van der Waals surface area contributed by atoms with Crippen LogP contribution in [0, 0.1) is 0 Å². The maximum atomic E-state index is 13.9. The highest BCUT2D eigenvalue weighted by molar-refractivity contribution is 6.33. The van der Waals surface area contributed by atoms with Gasteiger partial charge in [0.1, 0.15) is 5.69 Å². The molecule has 3 rings (SSSR count). The molecule has 1 aromatic carbocycles. The molecule has 1 unspecified atom stereocenters. The maximum absolute atomic E-state index is 13.9. The van der Waals surface area contributed by atoms with E-state index in [-0.39, 0.29) is 36.8 Å². The highest BCUT2D eigenvalue weighted by atomic mass is 35.5. The third-order valence-corrected chi connectivity index (χ3v) is 4.71.